The number of phenolic OH excluding ortho intramolecular Hbond substituents is 4. The van der Waals surface area contributed by atoms with Crippen LogP contribution >= 0.6 is 0 Å². The zero-order valence-electron chi connectivity index (χ0n) is 19.8. The number of hydrogen-bond acceptors (Lipinski definition) is 9. The Morgan fingerprint density at radius 3 is 2.30 bits per heavy atom. The van der Waals surface area contributed by atoms with E-state index in [0.29, 0.717) is 37.9 Å². The van der Waals surface area contributed by atoms with Crippen LogP contribution in [0.5, 0.6) is 23.0 Å². The number of esters is 1. The predicted molar refractivity (Wildman–Crippen MR) is 132 cm³/mol. The van der Waals surface area contributed by atoms with E-state index in [4.69, 9.17) is 4.74 Å². The minimum atomic E-state index is -0.675. The molecule has 1 saturated heterocycles. The molecule has 3 aromatic rings. The first kappa shape index (κ1) is 25.5. The second kappa shape index (κ2) is 11.0. The summed E-state index contributed by atoms with van der Waals surface area (Å²) < 4.78 is 5.59. The largest absolute Gasteiger partial charge is 0.508 e. The van der Waals surface area contributed by atoms with E-state index in [-0.39, 0.29) is 34.3 Å². The van der Waals surface area contributed by atoms with E-state index >= 15 is 0 Å². The van der Waals surface area contributed by atoms with E-state index in [2.05, 4.69) is 5.43 Å². The molecule has 3 aromatic carbocycles. The smallest absolute Gasteiger partial charge is 0.338 e. The van der Waals surface area contributed by atoms with Gasteiger partial charge in [0, 0.05) is 30.3 Å². The first-order chi connectivity index (χ1) is 17.7. The molecule has 10 heteroatoms. The molecule has 4 rings (SSSR count). The molecular weight excluding hydrogens is 480 g/mol. The van der Waals surface area contributed by atoms with Gasteiger partial charge in [-0.2, -0.15) is 0 Å². The molecule has 0 saturated carbocycles. The maximum absolute atomic E-state index is 12.9. The van der Waals surface area contributed by atoms with Crippen molar-refractivity contribution in [3.8, 4) is 23.0 Å². The lowest BCUT2D eigenvalue weighted by Gasteiger charge is -2.21. The standard InChI is InChI=1S/C27H26N2O8/c30-19-8-6-16(7-9-19)27(36)37-21-5-2-11-29(12-10-21)28-26(35)18-4-1-3-17(13-18)24(33)22-14-20(31)15-23(32)25(22)34/h1,3-4,6-9,13-15,21,30-32,34H,2,5,10-12H2,(H,28,35). The normalized spacial score (nSPS) is 15.9. The summed E-state index contributed by atoms with van der Waals surface area (Å²) in [5.74, 6) is -3.23. The van der Waals surface area contributed by atoms with Gasteiger partial charge in [0.2, 0.25) is 0 Å². The summed E-state index contributed by atoms with van der Waals surface area (Å²) >= 11 is 0. The maximum Gasteiger partial charge on any atom is 0.338 e. The van der Waals surface area contributed by atoms with E-state index < -0.39 is 29.2 Å². The first-order valence-electron chi connectivity index (χ1n) is 11.7. The summed E-state index contributed by atoms with van der Waals surface area (Å²) in [5, 5.41) is 40.5. The summed E-state index contributed by atoms with van der Waals surface area (Å²) in [6.07, 6.45) is 1.48. The van der Waals surface area contributed by atoms with Crippen molar-refractivity contribution in [3.63, 3.8) is 0 Å². The Morgan fingerprint density at radius 2 is 1.54 bits per heavy atom. The van der Waals surface area contributed by atoms with Gasteiger partial charge in [-0.3, -0.25) is 15.0 Å². The van der Waals surface area contributed by atoms with Crippen LogP contribution in [-0.4, -0.2) is 62.3 Å². The van der Waals surface area contributed by atoms with Crippen LogP contribution in [0, 0.1) is 0 Å². The molecule has 5 N–H and O–H groups in total. The van der Waals surface area contributed by atoms with Crippen molar-refractivity contribution in [2.45, 2.75) is 25.4 Å². The molecule has 192 valence electrons. The van der Waals surface area contributed by atoms with Gasteiger partial charge in [0.15, 0.2) is 17.3 Å². The van der Waals surface area contributed by atoms with Gasteiger partial charge < -0.3 is 25.2 Å². The molecule has 0 aromatic heterocycles. The minimum absolute atomic E-state index is 0.0594. The Morgan fingerprint density at radius 1 is 0.811 bits per heavy atom. The molecule has 1 amide bonds. The van der Waals surface area contributed by atoms with Gasteiger partial charge in [-0.15, -0.1) is 0 Å². The average Bonchev–Trinajstić information content (AvgIpc) is 3.11. The van der Waals surface area contributed by atoms with Gasteiger partial charge in [-0.25, -0.2) is 9.80 Å². The summed E-state index contributed by atoms with van der Waals surface area (Å²) in [6.45, 7) is 0.975. The molecule has 37 heavy (non-hydrogen) atoms. The van der Waals surface area contributed by atoms with E-state index in [1.165, 1.54) is 48.5 Å². The highest BCUT2D eigenvalue weighted by Crippen LogP contribution is 2.34. The van der Waals surface area contributed by atoms with Gasteiger partial charge in [-0.05, 0) is 61.7 Å². The highest BCUT2D eigenvalue weighted by atomic mass is 16.5. The number of hydrazine groups is 1. The number of hydrogen-bond donors (Lipinski definition) is 5. The highest BCUT2D eigenvalue weighted by Gasteiger charge is 2.23. The first-order valence-corrected chi connectivity index (χ1v) is 11.7. The number of nitrogens with one attached hydrogen (secondary N) is 1. The number of ketones is 1. The molecule has 1 fully saturated rings. The van der Waals surface area contributed by atoms with Crippen molar-refractivity contribution in [2.24, 2.45) is 0 Å². The number of carbonyl (C=O) groups is 3. The Hall–Kier alpha value is -4.57. The van der Waals surface area contributed by atoms with Crippen LogP contribution in [0.2, 0.25) is 0 Å². The third-order valence-electron chi connectivity index (χ3n) is 6.02. The van der Waals surface area contributed by atoms with E-state index in [1.54, 1.807) is 5.01 Å². The monoisotopic (exact) mass is 506 g/mol. The molecule has 0 radical (unpaired) electrons. The quantitative estimate of drug-likeness (QED) is 0.147. The molecule has 1 aliphatic rings. The van der Waals surface area contributed by atoms with Crippen LogP contribution in [0.3, 0.4) is 0 Å². The lowest BCUT2D eigenvalue weighted by molar-refractivity contribution is 0.0262. The van der Waals surface area contributed by atoms with Crippen molar-refractivity contribution in [1.82, 2.24) is 10.4 Å². The number of nitrogens with zero attached hydrogens (tertiary/aromatic N) is 1. The van der Waals surface area contributed by atoms with Gasteiger partial charge in [-0.1, -0.05) is 12.1 Å². The number of benzene rings is 3. The number of rotatable bonds is 6. The Kier molecular flexibility index (Phi) is 7.59. The third kappa shape index (κ3) is 6.17. The summed E-state index contributed by atoms with van der Waals surface area (Å²) in [6, 6.07) is 13.6. The highest BCUT2D eigenvalue weighted by molar-refractivity contribution is 6.12. The molecule has 1 atom stereocenters. The second-order valence-corrected chi connectivity index (χ2v) is 8.70. The lowest BCUT2D eigenvalue weighted by Crippen LogP contribution is -2.43. The van der Waals surface area contributed by atoms with E-state index in [1.807, 2.05) is 0 Å². The van der Waals surface area contributed by atoms with Crippen molar-refractivity contribution in [1.29, 1.82) is 0 Å². The third-order valence-corrected chi connectivity index (χ3v) is 6.02. The fourth-order valence-corrected chi connectivity index (χ4v) is 4.06. The fraction of sp³-hybridized carbons (Fsp3) is 0.222. The molecule has 10 nitrogen and oxygen atoms in total. The van der Waals surface area contributed by atoms with Crippen molar-refractivity contribution in [2.75, 3.05) is 13.1 Å². The molecule has 1 unspecified atom stereocenters. The van der Waals surface area contributed by atoms with Crippen LogP contribution in [0.4, 0.5) is 0 Å². The SMILES string of the molecule is O=C(NN1CCCC(OC(=O)c2ccc(O)cc2)CC1)c1cccc(C(=O)c2cc(O)cc(O)c2O)c1. The number of aromatic hydroxyl groups is 4. The Bertz CT molecular complexity index is 1320. The van der Waals surface area contributed by atoms with Crippen LogP contribution in [0.1, 0.15) is 55.9 Å². The van der Waals surface area contributed by atoms with Gasteiger partial charge in [0.05, 0.1) is 11.1 Å². The summed E-state index contributed by atoms with van der Waals surface area (Å²) in [7, 11) is 0. The molecule has 1 heterocycles. The minimum Gasteiger partial charge on any atom is -0.508 e. The van der Waals surface area contributed by atoms with Crippen LogP contribution < -0.4 is 5.43 Å². The number of phenols is 4. The number of ether oxygens (including phenoxy) is 1. The van der Waals surface area contributed by atoms with E-state index in [9.17, 15) is 34.8 Å². The summed E-state index contributed by atoms with van der Waals surface area (Å²) in [4.78, 5) is 38.1. The molecule has 0 bridgehead atoms. The van der Waals surface area contributed by atoms with Crippen LogP contribution in [0.15, 0.2) is 60.7 Å². The Balaban J connectivity index is 1.37. The average molecular weight is 507 g/mol. The Labute approximate surface area is 212 Å². The van der Waals surface area contributed by atoms with Crippen LogP contribution in [0.25, 0.3) is 0 Å². The predicted octanol–water partition coefficient (Wildman–Crippen LogP) is 3.10. The van der Waals surface area contributed by atoms with Crippen molar-refractivity contribution >= 4 is 17.7 Å². The van der Waals surface area contributed by atoms with Gasteiger partial charge in [0.25, 0.3) is 5.91 Å². The van der Waals surface area contributed by atoms with Crippen molar-refractivity contribution < 1.29 is 39.5 Å². The zero-order chi connectivity index (χ0) is 26.5. The molecule has 1 aliphatic heterocycles. The second-order valence-electron chi connectivity index (χ2n) is 8.70. The zero-order valence-corrected chi connectivity index (χ0v) is 19.8. The van der Waals surface area contributed by atoms with Gasteiger partial charge >= 0.3 is 5.97 Å². The lowest BCUT2D eigenvalue weighted by atomic mass is 10.00. The molecular formula is C27H26N2O8. The van der Waals surface area contributed by atoms with E-state index in [0.717, 1.165) is 12.1 Å². The maximum atomic E-state index is 12.9. The number of carbonyl (C=O) groups excluding carboxylic acids is 3. The summed E-state index contributed by atoms with van der Waals surface area (Å²) in [5.41, 5.74) is 3.15. The molecule has 0 aliphatic carbocycles. The van der Waals surface area contributed by atoms with Crippen molar-refractivity contribution in [3.05, 3.63) is 82.9 Å². The number of amides is 1. The van der Waals surface area contributed by atoms with Crippen LogP contribution in [-0.2, 0) is 4.74 Å². The topological polar surface area (TPSA) is 157 Å². The fourth-order valence-electron chi connectivity index (χ4n) is 4.06. The molecule has 0 spiro atoms. The van der Waals surface area contributed by atoms with Gasteiger partial charge in [0.1, 0.15) is 17.6 Å².